The van der Waals surface area contributed by atoms with Crippen molar-refractivity contribution in [1.82, 2.24) is 4.57 Å². The number of carbonyl (C=O) groups excluding carboxylic acids is 1. The number of para-hydroxylation sites is 1. The molecule has 1 aromatic heterocycles. The van der Waals surface area contributed by atoms with Crippen molar-refractivity contribution < 1.29 is 19.5 Å². The number of hydrogen-bond donors (Lipinski definition) is 2. The Morgan fingerprint density at radius 3 is 2.67 bits per heavy atom. The van der Waals surface area contributed by atoms with Gasteiger partial charge in [-0.15, -0.1) is 0 Å². The van der Waals surface area contributed by atoms with Gasteiger partial charge in [0.1, 0.15) is 25.7 Å². The quantitative estimate of drug-likeness (QED) is 0.468. The van der Waals surface area contributed by atoms with E-state index in [9.17, 15) is 9.90 Å². The van der Waals surface area contributed by atoms with Crippen LogP contribution in [-0.4, -0.2) is 54.4 Å². The molecule has 30 heavy (non-hydrogen) atoms. The van der Waals surface area contributed by atoms with Gasteiger partial charge < -0.3 is 19.3 Å². The Morgan fingerprint density at radius 2 is 1.90 bits per heavy atom. The largest absolute Gasteiger partial charge is 0.385 e. The second-order valence-corrected chi connectivity index (χ2v) is 8.04. The second-order valence-electron chi connectivity index (χ2n) is 8.04. The number of aliphatic hydroxyl groups excluding tert-OH is 1. The van der Waals surface area contributed by atoms with Crippen LogP contribution < -0.4 is 4.90 Å². The van der Waals surface area contributed by atoms with E-state index in [0.717, 1.165) is 48.3 Å². The molecular formula is C25H29N2O3+. The Labute approximate surface area is 177 Å². The van der Waals surface area contributed by atoms with Crippen molar-refractivity contribution >= 4 is 22.8 Å². The van der Waals surface area contributed by atoms with Crippen LogP contribution in [-0.2, 0) is 11.3 Å². The molecule has 5 nitrogen and oxygen atoms in total. The molecule has 3 aromatic rings. The summed E-state index contributed by atoms with van der Waals surface area (Å²) in [5, 5.41) is 11.7. The molecule has 1 aliphatic heterocycles. The molecule has 0 bridgehead atoms. The Bertz CT molecular complexity index is 1030. The maximum Gasteiger partial charge on any atom is 0.185 e. The zero-order valence-electron chi connectivity index (χ0n) is 17.4. The molecule has 5 heteroatoms. The molecule has 0 spiro atoms. The number of nitrogens with zero attached hydrogens (tertiary/aromatic N) is 1. The number of benzene rings is 2. The summed E-state index contributed by atoms with van der Waals surface area (Å²) in [5.74, 6) is -0.0113. The number of ketones is 1. The highest BCUT2D eigenvalue weighted by Crippen LogP contribution is 2.23. The number of aryl methyl sites for hydroxylation is 1. The number of rotatable bonds is 7. The first-order valence-electron chi connectivity index (χ1n) is 10.6. The van der Waals surface area contributed by atoms with Crippen molar-refractivity contribution in [2.24, 2.45) is 0 Å². The normalized spacial score (nSPS) is 16.3. The van der Waals surface area contributed by atoms with E-state index < -0.39 is 6.10 Å². The molecule has 0 saturated carbocycles. The van der Waals surface area contributed by atoms with Crippen LogP contribution in [0.4, 0.5) is 0 Å². The van der Waals surface area contributed by atoms with Gasteiger partial charge in [-0.2, -0.15) is 0 Å². The number of nitrogens with one attached hydrogen (secondary N) is 1. The summed E-state index contributed by atoms with van der Waals surface area (Å²) >= 11 is 0. The molecule has 1 atom stereocenters. The molecule has 1 aliphatic rings. The van der Waals surface area contributed by atoms with Gasteiger partial charge in [0.2, 0.25) is 0 Å². The Balaban J connectivity index is 1.51. The van der Waals surface area contributed by atoms with Crippen molar-refractivity contribution in [1.29, 1.82) is 0 Å². The van der Waals surface area contributed by atoms with E-state index in [1.165, 1.54) is 4.90 Å². The number of carbonyl (C=O) groups is 1. The minimum Gasteiger partial charge on any atom is -0.385 e. The summed E-state index contributed by atoms with van der Waals surface area (Å²) < 4.78 is 7.49. The van der Waals surface area contributed by atoms with Gasteiger partial charge in [-0.1, -0.05) is 48.0 Å². The molecule has 1 fully saturated rings. The number of quaternary nitrogens is 1. The summed E-state index contributed by atoms with van der Waals surface area (Å²) in [5.41, 5.74) is 3.87. The van der Waals surface area contributed by atoms with Crippen molar-refractivity contribution in [2.75, 3.05) is 32.8 Å². The van der Waals surface area contributed by atoms with Crippen molar-refractivity contribution in [3.8, 4) is 0 Å². The van der Waals surface area contributed by atoms with Crippen LogP contribution in [0.15, 0.2) is 60.8 Å². The first-order chi connectivity index (χ1) is 14.6. The lowest BCUT2D eigenvalue weighted by Crippen LogP contribution is -3.15. The van der Waals surface area contributed by atoms with E-state index in [1.807, 2.05) is 55.6 Å². The van der Waals surface area contributed by atoms with Crippen LogP contribution in [0.2, 0.25) is 0 Å². The SMILES string of the molecule is Cc1ccc(C(=O)/C=C/c2cn(C[C@@H](O)C[NH+]3CCOCC3)c3ccccc23)cc1. The average Bonchev–Trinajstić information content (AvgIpc) is 3.10. The summed E-state index contributed by atoms with van der Waals surface area (Å²) in [6.07, 6.45) is 5.10. The van der Waals surface area contributed by atoms with E-state index >= 15 is 0 Å². The maximum absolute atomic E-state index is 12.5. The van der Waals surface area contributed by atoms with Gasteiger partial charge in [-0.05, 0) is 25.1 Å². The molecule has 1 saturated heterocycles. The van der Waals surface area contributed by atoms with Gasteiger partial charge >= 0.3 is 0 Å². The number of allylic oxidation sites excluding steroid dienone is 1. The third-order valence-electron chi connectivity index (χ3n) is 5.70. The number of morpholine rings is 1. The first-order valence-corrected chi connectivity index (χ1v) is 10.6. The summed E-state index contributed by atoms with van der Waals surface area (Å²) in [7, 11) is 0. The van der Waals surface area contributed by atoms with Gasteiger partial charge in [0, 0.05) is 28.2 Å². The fourth-order valence-corrected chi connectivity index (χ4v) is 4.03. The lowest BCUT2D eigenvalue weighted by Gasteiger charge is -2.26. The van der Waals surface area contributed by atoms with E-state index in [2.05, 4.69) is 16.7 Å². The maximum atomic E-state index is 12.5. The van der Waals surface area contributed by atoms with E-state index in [4.69, 9.17) is 4.74 Å². The van der Waals surface area contributed by atoms with Gasteiger partial charge in [-0.3, -0.25) is 4.79 Å². The summed E-state index contributed by atoms with van der Waals surface area (Å²) in [6.45, 7) is 6.67. The van der Waals surface area contributed by atoms with Gasteiger partial charge in [0.05, 0.1) is 19.8 Å². The van der Waals surface area contributed by atoms with Gasteiger partial charge in [0.25, 0.3) is 0 Å². The minimum absolute atomic E-state index is 0.0113. The van der Waals surface area contributed by atoms with Crippen LogP contribution >= 0.6 is 0 Å². The Hall–Kier alpha value is -2.73. The summed E-state index contributed by atoms with van der Waals surface area (Å²) in [4.78, 5) is 13.9. The monoisotopic (exact) mass is 405 g/mol. The lowest BCUT2D eigenvalue weighted by atomic mass is 10.1. The zero-order valence-corrected chi connectivity index (χ0v) is 17.4. The number of ether oxygens (including phenoxy) is 1. The third kappa shape index (κ3) is 4.87. The molecule has 2 heterocycles. The predicted molar refractivity (Wildman–Crippen MR) is 119 cm³/mol. The number of hydrogen-bond acceptors (Lipinski definition) is 3. The zero-order chi connectivity index (χ0) is 20.9. The number of aromatic nitrogens is 1. The second kappa shape index (κ2) is 9.39. The molecule has 0 unspecified atom stereocenters. The molecule has 2 N–H and O–H groups in total. The van der Waals surface area contributed by atoms with Crippen molar-refractivity contribution in [3.63, 3.8) is 0 Å². The van der Waals surface area contributed by atoms with Crippen LogP contribution in [0, 0.1) is 6.92 Å². The molecule has 156 valence electrons. The molecule has 4 rings (SSSR count). The van der Waals surface area contributed by atoms with Crippen molar-refractivity contribution in [2.45, 2.75) is 19.6 Å². The Kier molecular flexibility index (Phi) is 6.43. The fourth-order valence-electron chi connectivity index (χ4n) is 4.03. The van der Waals surface area contributed by atoms with Crippen molar-refractivity contribution in [3.05, 3.63) is 77.5 Å². The highest BCUT2D eigenvalue weighted by atomic mass is 16.5. The molecule has 0 radical (unpaired) electrons. The topological polar surface area (TPSA) is 55.9 Å². The first kappa shape index (κ1) is 20.5. The van der Waals surface area contributed by atoms with Gasteiger partial charge in [0.15, 0.2) is 5.78 Å². The lowest BCUT2D eigenvalue weighted by molar-refractivity contribution is -0.911. The molecular weight excluding hydrogens is 376 g/mol. The number of fused-ring (bicyclic) bond motifs is 1. The molecule has 0 amide bonds. The summed E-state index contributed by atoms with van der Waals surface area (Å²) in [6, 6.07) is 15.7. The predicted octanol–water partition coefficient (Wildman–Crippen LogP) is 2.12. The third-order valence-corrected chi connectivity index (χ3v) is 5.70. The van der Waals surface area contributed by atoms with E-state index in [1.54, 1.807) is 6.08 Å². The van der Waals surface area contributed by atoms with Crippen LogP contribution in [0.1, 0.15) is 21.5 Å². The van der Waals surface area contributed by atoms with Gasteiger partial charge in [-0.25, -0.2) is 0 Å². The van der Waals surface area contributed by atoms with Crippen LogP contribution in [0.3, 0.4) is 0 Å². The molecule has 2 aromatic carbocycles. The average molecular weight is 406 g/mol. The highest BCUT2D eigenvalue weighted by molar-refractivity contribution is 6.07. The smallest absolute Gasteiger partial charge is 0.185 e. The fraction of sp³-hybridized carbons (Fsp3) is 0.320. The molecule has 0 aliphatic carbocycles. The van der Waals surface area contributed by atoms with Crippen LogP contribution in [0.5, 0.6) is 0 Å². The van der Waals surface area contributed by atoms with E-state index in [-0.39, 0.29) is 5.78 Å². The minimum atomic E-state index is -0.431. The number of aliphatic hydroxyl groups is 1. The standard InChI is InChI=1S/C25H28N2O3/c1-19-6-8-20(9-7-19)25(29)11-10-21-16-27(24-5-3-2-4-23(21)24)18-22(28)17-26-12-14-30-15-13-26/h2-11,16,22,28H,12-15,17-18H2,1H3/p+1/b11-10+/t22-/m0/s1. The van der Waals surface area contributed by atoms with Crippen LogP contribution in [0.25, 0.3) is 17.0 Å². The highest BCUT2D eigenvalue weighted by Gasteiger charge is 2.19. The van der Waals surface area contributed by atoms with E-state index in [0.29, 0.717) is 18.7 Å². The Morgan fingerprint density at radius 1 is 1.17 bits per heavy atom.